The zero-order chi connectivity index (χ0) is 18.4. The van der Waals surface area contributed by atoms with Crippen molar-refractivity contribution in [1.82, 2.24) is 20.4 Å². The van der Waals surface area contributed by atoms with Crippen molar-refractivity contribution in [3.05, 3.63) is 36.2 Å². The second kappa shape index (κ2) is 7.85. The second-order valence-corrected chi connectivity index (χ2v) is 5.26. The minimum absolute atomic E-state index is 0.268. The van der Waals surface area contributed by atoms with E-state index in [2.05, 4.69) is 24.0 Å². The molecule has 1 heterocycles. The summed E-state index contributed by atoms with van der Waals surface area (Å²) in [6.45, 7) is 0. The number of nitrogens with one attached hydrogen (secondary N) is 2. The van der Waals surface area contributed by atoms with Crippen LogP contribution in [-0.2, 0) is 21.5 Å². The number of anilines is 1. The molecule has 13 heteroatoms. The molecule has 2 aromatic rings. The van der Waals surface area contributed by atoms with Crippen LogP contribution < -0.4 is 15.5 Å². The van der Waals surface area contributed by atoms with E-state index in [1.807, 2.05) is 5.32 Å². The number of urea groups is 1. The van der Waals surface area contributed by atoms with E-state index in [1.54, 1.807) is 23.7 Å². The summed E-state index contributed by atoms with van der Waals surface area (Å²) in [5.74, 6) is -2.28. The first-order valence-electron chi connectivity index (χ1n) is 6.38. The molecule has 134 valence electrons. The molecular formula is C12H10F3N5O4S. The van der Waals surface area contributed by atoms with Crippen molar-refractivity contribution in [1.29, 1.82) is 0 Å². The van der Waals surface area contributed by atoms with Gasteiger partial charge in [0.05, 0.1) is 12.0 Å². The van der Waals surface area contributed by atoms with Crippen molar-refractivity contribution >= 4 is 23.1 Å². The van der Waals surface area contributed by atoms with Crippen molar-refractivity contribution in [3.63, 3.8) is 0 Å². The molecule has 2 amide bonds. The summed E-state index contributed by atoms with van der Waals surface area (Å²) in [6, 6.07) is 6.08. The average Bonchev–Trinajstić information content (AvgIpc) is 2.59. The number of benzene rings is 1. The highest BCUT2D eigenvalue weighted by atomic mass is 32.2. The van der Waals surface area contributed by atoms with Gasteiger partial charge in [-0.3, -0.25) is 5.32 Å². The lowest BCUT2D eigenvalue weighted by atomic mass is 10.4. The van der Waals surface area contributed by atoms with E-state index in [1.165, 1.54) is 12.1 Å². The van der Waals surface area contributed by atoms with Gasteiger partial charge in [0, 0.05) is 0 Å². The standard InChI is InChI=1S/C12H10F3N5O4S/c1-23-11-17-8(12(13,14)15)16-9(19-11)18-10(21)20-24-25(22)7-5-3-2-4-6-7/h2-6H,1H3,(H2,16,17,18,19,20,21). The third-order valence-electron chi connectivity index (χ3n) is 2.42. The second-order valence-electron chi connectivity index (χ2n) is 4.15. The first-order chi connectivity index (χ1) is 11.8. The fraction of sp³-hybridized carbons (Fsp3) is 0.167. The van der Waals surface area contributed by atoms with Crippen LogP contribution in [0.2, 0.25) is 0 Å². The van der Waals surface area contributed by atoms with Crippen LogP contribution in [0.4, 0.5) is 23.9 Å². The minimum Gasteiger partial charge on any atom is -0.467 e. The molecule has 0 aliphatic rings. The van der Waals surface area contributed by atoms with Crippen molar-refractivity contribution < 1.29 is 31.2 Å². The first-order valence-corrected chi connectivity index (χ1v) is 7.45. The normalized spacial score (nSPS) is 12.3. The van der Waals surface area contributed by atoms with E-state index in [4.69, 9.17) is 0 Å². The molecule has 0 saturated carbocycles. The van der Waals surface area contributed by atoms with Gasteiger partial charge in [0.1, 0.15) is 0 Å². The molecule has 0 bridgehead atoms. The number of amides is 2. The van der Waals surface area contributed by atoms with Crippen molar-refractivity contribution in [3.8, 4) is 6.01 Å². The summed E-state index contributed by atoms with van der Waals surface area (Å²) in [5, 5.41) is 1.88. The molecule has 1 unspecified atom stereocenters. The minimum atomic E-state index is -4.87. The summed E-state index contributed by atoms with van der Waals surface area (Å²) in [7, 11) is 1.05. The number of hydrogen-bond donors (Lipinski definition) is 2. The van der Waals surface area contributed by atoms with Gasteiger partial charge < -0.3 is 4.74 Å². The number of methoxy groups -OCH3 is 1. The SMILES string of the molecule is COc1nc(NC(=O)NOS(=O)c2ccccc2)nc(C(F)(F)F)n1. The maximum atomic E-state index is 12.7. The topological polar surface area (TPSA) is 115 Å². The Kier molecular flexibility index (Phi) is 5.82. The number of carbonyl (C=O) groups excluding carboxylic acids is 1. The lowest BCUT2D eigenvalue weighted by Crippen LogP contribution is -2.31. The molecule has 0 aliphatic heterocycles. The molecule has 0 radical (unpaired) electrons. The van der Waals surface area contributed by atoms with Gasteiger partial charge in [0.2, 0.25) is 22.9 Å². The first kappa shape index (κ1) is 18.5. The fourth-order valence-electron chi connectivity index (χ4n) is 1.41. The van der Waals surface area contributed by atoms with Crippen LogP contribution in [0.5, 0.6) is 6.01 Å². The van der Waals surface area contributed by atoms with Crippen molar-refractivity contribution in [2.45, 2.75) is 11.1 Å². The Hall–Kier alpha value is -2.80. The zero-order valence-corrected chi connectivity index (χ0v) is 13.2. The van der Waals surface area contributed by atoms with Crippen LogP contribution in [0.15, 0.2) is 35.2 Å². The lowest BCUT2D eigenvalue weighted by molar-refractivity contribution is -0.145. The smallest absolute Gasteiger partial charge is 0.451 e. The third kappa shape index (κ3) is 5.36. The molecule has 0 fully saturated rings. The molecule has 2 rings (SSSR count). The Morgan fingerprint density at radius 2 is 1.84 bits per heavy atom. The van der Waals surface area contributed by atoms with Gasteiger partial charge in [-0.1, -0.05) is 18.2 Å². The van der Waals surface area contributed by atoms with E-state index in [0.717, 1.165) is 7.11 Å². The summed E-state index contributed by atoms with van der Waals surface area (Å²) >= 11 is -2.02. The van der Waals surface area contributed by atoms with Crippen LogP contribution in [0.1, 0.15) is 5.82 Å². The monoisotopic (exact) mass is 377 g/mol. The van der Waals surface area contributed by atoms with Crippen LogP contribution in [-0.4, -0.2) is 32.3 Å². The maximum absolute atomic E-state index is 12.7. The number of ether oxygens (including phenoxy) is 1. The molecule has 1 atom stereocenters. The Balaban J connectivity index is 2.01. The van der Waals surface area contributed by atoms with E-state index < -0.39 is 41.1 Å². The van der Waals surface area contributed by atoms with Gasteiger partial charge in [-0.15, -0.1) is 0 Å². The number of hydroxylamine groups is 1. The summed E-state index contributed by atoms with van der Waals surface area (Å²) in [4.78, 5) is 21.4. The molecule has 25 heavy (non-hydrogen) atoms. The highest BCUT2D eigenvalue weighted by molar-refractivity contribution is 7.80. The zero-order valence-electron chi connectivity index (χ0n) is 12.4. The number of carbonyl (C=O) groups is 1. The Morgan fingerprint density at radius 1 is 1.16 bits per heavy atom. The van der Waals surface area contributed by atoms with Gasteiger partial charge in [0.15, 0.2) is 0 Å². The van der Waals surface area contributed by atoms with E-state index >= 15 is 0 Å². The molecule has 2 N–H and O–H groups in total. The van der Waals surface area contributed by atoms with Crippen LogP contribution >= 0.6 is 0 Å². The molecule has 0 aliphatic carbocycles. The van der Waals surface area contributed by atoms with Gasteiger partial charge in [-0.05, 0) is 12.1 Å². The third-order valence-corrected chi connectivity index (χ3v) is 3.31. The van der Waals surface area contributed by atoms with Crippen LogP contribution in [0.25, 0.3) is 0 Å². The summed E-state index contributed by atoms with van der Waals surface area (Å²) in [5.41, 5.74) is 1.75. The number of halogens is 3. The predicted molar refractivity (Wildman–Crippen MR) is 77.5 cm³/mol. The van der Waals surface area contributed by atoms with E-state index in [-0.39, 0.29) is 4.90 Å². The van der Waals surface area contributed by atoms with Crippen LogP contribution in [0.3, 0.4) is 0 Å². The lowest BCUT2D eigenvalue weighted by Gasteiger charge is -2.09. The maximum Gasteiger partial charge on any atom is 0.451 e. The number of hydrogen-bond acceptors (Lipinski definition) is 7. The van der Waals surface area contributed by atoms with Crippen LogP contribution in [0, 0.1) is 0 Å². The molecular weight excluding hydrogens is 367 g/mol. The quantitative estimate of drug-likeness (QED) is 0.762. The Labute approximate surface area is 141 Å². The van der Waals surface area contributed by atoms with Gasteiger partial charge >= 0.3 is 18.2 Å². The predicted octanol–water partition coefficient (Wildman–Crippen LogP) is 1.67. The van der Waals surface area contributed by atoms with Crippen molar-refractivity contribution in [2.24, 2.45) is 0 Å². The Morgan fingerprint density at radius 3 is 2.44 bits per heavy atom. The Bertz CT molecular complexity index is 775. The number of alkyl halides is 3. The molecule has 1 aromatic heterocycles. The van der Waals surface area contributed by atoms with Gasteiger partial charge in [0.25, 0.3) is 0 Å². The molecule has 1 aromatic carbocycles. The number of aromatic nitrogens is 3. The van der Waals surface area contributed by atoms with Crippen molar-refractivity contribution in [2.75, 3.05) is 12.4 Å². The summed E-state index contributed by atoms with van der Waals surface area (Å²) in [6.07, 6.45) is -4.87. The van der Waals surface area contributed by atoms with E-state index in [0.29, 0.717) is 0 Å². The van der Waals surface area contributed by atoms with E-state index in [9.17, 15) is 22.2 Å². The summed E-state index contributed by atoms with van der Waals surface area (Å²) < 4.78 is 58.8. The van der Waals surface area contributed by atoms with Gasteiger partial charge in [-0.25, -0.2) is 14.5 Å². The average molecular weight is 377 g/mol. The highest BCUT2D eigenvalue weighted by Gasteiger charge is 2.36. The molecule has 0 spiro atoms. The molecule has 9 nitrogen and oxygen atoms in total. The number of rotatable bonds is 5. The molecule has 0 saturated heterocycles. The van der Waals surface area contributed by atoms with Gasteiger partial charge in [-0.2, -0.15) is 32.4 Å². The highest BCUT2D eigenvalue weighted by Crippen LogP contribution is 2.27. The largest absolute Gasteiger partial charge is 0.467 e. The number of nitrogens with zero attached hydrogens (tertiary/aromatic N) is 3. The fourth-order valence-corrected chi connectivity index (χ4v) is 2.04.